The van der Waals surface area contributed by atoms with Gasteiger partial charge in [0.1, 0.15) is 5.41 Å². The summed E-state index contributed by atoms with van der Waals surface area (Å²) < 4.78 is 50.7. The van der Waals surface area contributed by atoms with Crippen LogP contribution in [0.5, 0.6) is 0 Å². The largest absolute Gasteiger partial charge is 0.322 e. The maximum absolute atomic E-state index is 12.7. The Morgan fingerprint density at radius 2 is 1.23 bits per heavy atom. The molecule has 1 saturated heterocycles. The fraction of sp³-hybridized carbons (Fsp3) is 1.00. The molecule has 0 unspecified atom stereocenters. The van der Waals surface area contributed by atoms with Crippen molar-refractivity contribution in [1.29, 1.82) is 0 Å². The van der Waals surface area contributed by atoms with E-state index < -0.39 is 17.3 Å². The zero-order valence-electron chi connectivity index (χ0n) is 6.75. The molecule has 2 aliphatic rings. The molecule has 1 aliphatic carbocycles. The molecule has 0 aromatic rings. The zero-order valence-corrected chi connectivity index (χ0v) is 7.57. The van der Waals surface area contributed by atoms with Crippen molar-refractivity contribution in [1.82, 2.24) is 5.32 Å². The van der Waals surface area contributed by atoms with E-state index in [0.29, 0.717) is 0 Å². The van der Waals surface area contributed by atoms with E-state index in [1.807, 2.05) is 0 Å². The lowest BCUT2D eigenvalue weighted by Crippen LogP contribution is -2.33. The van der Waals surface area contributed by atoms with Crippen molar-refractivity contribution < 1.29 is 17.6 Å². The molecule has 1 nitrogen and oxygen atoms in total. The molecule has 1 aliphatic heterocycles. The van der Waals surface area contributed by atoms with Crippen molar-refractivity contribution in [2.75, 3.05) is 13.1 Å². The summed E-state index contributed by atoms with van der Waals surface area (Å²) in [7, 11) is 0. The molecule has 13 heavy (non-hydrogen) atoms. The topological polar surface area (TPSA) is 12.0 Å². The highest BCUT2D eigenvalue weighted by Crippen LogP contribution is 2.75. The van der Waals surface area contributed by atoms with Gasteiger partial charge in [-0.25, -0.2) is 0 Å². The third-order valence-corrected chi connectivity index (χ3v) is 2.99. The molecule has 2 rings (SSSR count). The highest BCUT2D eigenvalue weighted by atomic mass is 35.5. The van der Waals surface area contributed by atoms with Gasteiger partial charge in [0.15, 0.2) is 0 Å². The van der Waals surface area contributed by atoms with Crippen LogP contribution in [0.1, 0.15) is 12.8 Å². The van der Waals surface area contributed by atoms with E-state index in [0.717, 1.165) is 0 Å². The van der Waals surface area contributed by atoms with Crippen molar-refractivity contribution >= 4 is 12.4 Å². The van der Waals surface area contributed by atoms with Gasteiger partial charge < -0.3 is 5.32 Å². The van der Waals surface area contributed by atoms with E-state index >= 15 is 0 Å². The monoisotopic (exact) mass is 219 g/mol. The first-order chi connectivity index (χ1) is 5.46. The minimum atomic E-state index is -3.76. The Hall–Kier alpha value is -0.0300. The number of nitrogens with one attached hydrogen (secondary N) is 1. The molecule has 0 radical (unpaired) electrons. The quantitative estimate of drug-likeness (QED) is 0.615. The Labute approximate surface area is 79.3 Å². The smallest absolute Gasteiger partial charge is 0.317 e. The van der Waals surface area contributed by atoms with Gasteiger partial charge >= 0.3 is 11.8 Å². The summed E-state index contributed by atoms with van der Waals surface area (Å²) in [6.45, 7) is 0.538. The molecular weight excluding hydrogens is 210 g/mol. The first-order valence-electron chi connectivity index (χ1n) is 3.92. The predicted octanol–water partition coefficient (Wildman–Crippen LogP) is 2.06. The van der Waals surface area contributed by atoms with Crippen LogP contribution in [0.2, 0.25) is 0 Å². The van der Waals surface area contributed by atoms with E-state index in [2.05, 4.69) is 5.32 Å². The molecule has 1 spiro atoms. The van der Waals surface area contributed by atoms with E-state index in [4.69, 9.17) is 0 Å². The number of piperidine rings is 1. The number of halogens is 5. The van der Waals surface area contributed by atoms with E-state index in [-0.39, 0.29) is 38.3 Å². The molecular formula is C7H10ClF4N. The average Bonchev–Trinajstić information content (AvgIpc) is 2.33. The van der Waals surface area contributed by atoms with Crippen LogP contribution in [0.15, 0.2) is 0 Å². The summed E-state index contributed by atoms with van der Waals surface area (Å²) in [4.78, 5) is 0. The fourth-order valence-electron chi connectivity index (χ4n) is 2.00. The maximum atomic E-state index is 12.7. The summed E-state index contributed by atoms with van der Waals surface area (Å²) in [5, 5.41) is 2.79. The third kappa shape index (κ3) is 0.973. The molecule has 78 valence electrons. The molecule has 0 bridgehead atoms. The van der Waals surface area contributed by atoms with E-state index in [1.54, 1.807) is 0 Å². The Kier molecular flexibility index (Phi) is 2.32. The highest BCUT2D eigenvalue weighted by Gasteiger charge is 2.94. The van der Waals surface area contributed by atoms with Gasteiger partial charge in [0, 0.05) is 0 Å². The van der Waals surface area contributed by atoms with Gasteiger partial charge in [-0.15, -0.1) is 12.4 Å². The minimum Gasteiger partial charge on any atom is -0.317 e. The second kappa shape index (κ2) is 2.73. The third-order valence-electron chi connectivity index (χ3n) is 2.99. The van der Waals surface area contributed by atoms with Gasteiger partial charge in [0.05, 0.1) is 0 Å². The molecule has 1 saturated carbocycles. The van der Waals surface area contributed by atoms with Crippen molar-refractivity contribution in [2.45, 2.75) is 24.7 Å². The number of hydrogen-bond acceptors (Lipinski definition) is 1. The molecule has 0 aromatic carbocycles. The van der Waals surface area contributed by atoms with Gasteiger partial charge in [0.25, 0.3) is 0 Å². The summed E-state index contributed by atoms with van der Waals surface area (Å²) in [5.74, 6) is -7.52. The summed E-state index contributed by atoms with van der Waals surface area (Å²) in [6.07, 6.45) is -0.236. The van der Waals surface area contributed by atoms with Gasteiger partial charge in [-0.3, -0.25) is 0 Å². The fourth-order valence-corrected chi connectivity index (χ4v) is 2.00. The van der Waals surface area contributed by atoms with Crippen LogP contribution in [-0.4, -0.2) is 24.9 Å². The predicted molar refractivity (Wildman–Crippen MR) is 41.7 cm³/mol. The zero-order chi connectivity index (χ0) is 9.04. The van der Waals surface area contributed by atoms with Crippen LogP contribution in [0.4, 0.5) is 17.6 Å². The number of rotatable bonds is 0. The Bertz CT molecular complexity index is 197. The molecule has 2 fully saturated rings. The Morgan fingerprint density at radius 3 is 1.46 bits per heavy atom. The molecule has 0 amide bonds. The van der Waals surface area contributed by atoms with Gasteiger partial charge in [0.2, 0.25) is 0 Å². The maximum Gasteiger partial charge on any atom is 0.322 e. The SMILES string of the molecule is Cl.FC1(F)C(F)(F)C12CCNCC2. The van der Waals surface area contributed by atoms with Crippen LogP contribution in [-0.2, 0) is 0 Å². The lowest BCUT2D eigenvalue weighted by atomic mass is 9.93. The second-order valence-corrected chi connectivity index (χ2v) is 3.48. The summed E-state index contributed by atoms with van der Waals surface area (Å²) in [6, 6.07) is 0. The molecule has 1 N–H and O–H groups in total. The van der Waals surface area contributed by atoms with Crippen LogP contribution in [0.3, 0.4) is 0 Å². The van der Waals surface area contributed by atoms with Crippen LogP contribution < -0.4 is 5.32 Å². The Balaban J connectivity index is 0.000000845. The molecule has 1 heterocycles. The minimum absolute atomic E-state index is 0. The van der Waals surface area contributed by atoms with Crippen LogP contribution >= 0.6 is 12.4 Å². The van der Waals surface area contributed by atoms with Gasteiger partial charge in [-0.2, -0.15) is 17.6 Å². The van der Waals surface area contributed by atoms with Gasteiger partial charge in [-0.05, 0) is 25.9 Å². The van der Waals surface area contributed by atoms with Crippen molar-refractivity contribution in [3.8, 4) is 0 Å². The first kappa shape index (κ1) is 11.0. The first-order valence-corrected chi connectivity index (χ1v) is 3.92. The number of alkyl halides is 4. The van der Waals surface area contributed by atoms with E-state index in [1.165, 1.54) is 0 Å². The van der Waals surface area contributed by atoms with Gasteiger partial charge in [-0.1, -0.05) is 0 Å². The van der Waals surface area contributed by atoms with Crippen molar-refractivity contribution in [3.63, 3.8) is 0 Å². The summed E-state index contributed by atoms with van der Waals surface area (Å²) >= 11 is 0. The molecule has 0 atom stereocenters. The average molecular weight is 220 g/mol. The van der Waals surface area contributed by atoms with Crippen LogP contribution in [0, 0.1) is 5.41 Å². The highest BCUT2D eigenvalue weighted by molar-refractivity contribution is 5.85. The molecule has 6 heteroatoms. The second-order valence-electron chi connectivity index (χ2n) is 3.48. The lowest BCUT2D eigenvalue weighted by molar-refractivity contribution is -0.0278. The van der Waals surface area contributed by atoms with Crippen molar-refractivity contribution in [2.24, 2.45) is 5.41 Å². The lowest BCUT2D eigenvalue weighted by Gasteiger charge is -2.20. The van der Waals surface area contributed by atoms with Crippen molar-refractivity contribution in [3.05, 3.63) is 0 Å². The number of hydrogen-bond donors (Lipinski definition) is 1. The standard InChI is InChI=1S/C7H9F4N.ClH/c8-6(9)5(7(6,10)11)1-3-12-4-2-5;/h12H,1-4H2;1H. The Morgan fingerprint density at radius 1 is 0.846 bits per heavy atom. The molecule has 0 aromatic heterocycles. The normalized spacial score (nSPS) is 32.3. The van der Waals surface area contributed by atoms with Crippen LogP contribution in [0.25, 0.3) is 0 Å². The van der Waals surface area contributed by atoms with E-state index in [9.17, 15) is 17.6 Å². The summed E-state index contributed by atoms with van der Waals surface area (Å²) in [5.41, 5.74) is -2.01.